The van der Waals surface area contributed by atoms with Crippen molar-refractivity contribution in [3.8, 4) is 5.88 Å². The summed E-state index contributed by atoms with van der Waals surface area (Å²) in [5.41, 5.74) is 1.70. The minimum Gasteiger partial charge on any atom is -0.464 e. The van der Waals surface area contributed by atoms with Crippen LogP contribution in [0.15, 0.2) is 60.8 Å². The molecule has 0 aliphatic carbocycles. The molecule has 0 saturated heterocycles. The highest BCUT2D eigenvalue weighted by Crippen LogP contribution is 2.34. The minimum atomic E-state index is -0.519. The van der Waals surface area contributed by atoms with Gasteiger partial charge in [-0.2, -0.15) is 0 Å². The van der Waals surface area contributed by atoms with Crippen molar-refractivity contribution in [3.05, 3.63) is 87.0 Å². The normalized spacial score (nSPS) is 12.3. The van der Waals surface area contributed by atoms with E-state index in [1.807, 2.05) is 39.0 Å². The lowest BCUT2D eigenvalue weighted by molar-refractivity contribution is -0.123. The van der Waals surface area contributed by atoms with E-state index < -0.39 is 11.5 Å². The molecule has 1 amide bonds. The van der Waals surface area contributed by atoms with Gasteiger partial charge in [-0.05, 0) is 35.9 Å². The number of benzene rings is 2. The summed E-state index contributed by atoms with van der Waals surface area (Å²) in [6.07, 6.45) is 1.04. The molecule has 0 fully saturated rings. The van der Waals surface area contributed by atoms with Crippen molar-refractivity contribution in [2.24, 2.45) is 5.41 Å². The quantitative estimate of drug-likeness (QED) is 0.435. The van der Waals surface area contributed by atoms with Crippen LogP contribution in [0.1, 0.15) is 38.0 Å². The second-order valence-electron chi connectivity index (χ2n) is 7.80. The summed E-state index contributed by atoms with van der Waals surface area (Å²) in [4.78, 5) is 16.5. The maximum Gasteiger partial charge on any atom is 0.229 e. The van der Waals surface area contributed by atoms with E-state index in [1.165, 1.54) is 0 Å². The number of pyridine rings is 1. The number of anilines is 1. The first-order chi connectivity index (χ1) is 14.1. The molecule has 1 N–H and O–H groups in total. The fourth-order valence-corrected chi connectivity index (χ4v) is 3.26. The molecule has 4 nitrogen and oxygen atoms in total. The van der Waals surface area contributed by atoms with E-state index in [4.69, 9.17) is 39.5 Å². The summed E-state index contributed by atoms with van der Waals surface area (Å²) in [6, 6.07) is 16.0. The number of carbonyl (C=O) groups is 1. The Morgan fingerprint density at radius 2 is 1.63 bits per heavy atom. The van der Waals surface area contributed by atoms with Crippen LogP contribution < -0.4 is 10.1 Å². The van der Waals surface area contributed by atoms with Crippen LogP contribution in [0.3, 0.4) is 0 Å². The lowest BCUT2D eigenvalue weighted by atomic mass is 9.96. The third kappa shape index (κ3) is 5.66. The number of hydrogen-bond donors (Lipinski definition) is 1. The van der Waals surface area contributed by atoms with E-state index in [2.05, 4.69) is 10.3 Å². The summed E-state index contributed by atoms with van der Waals surface area (Å²) in [7, 11) is 0. The molecule has 0 spiro atoms. The average Bonchev–Trinajstić information content (AvgIpc) is 2.68. The molecule has 0 saturated carbocycles. The van der Waals surface area contributed by atoms with E-state index in [9.17, 15) is 4.79 Å². The van der Waals surface area contributed by atoms with Gasteiger partial charge in [-0.3, -0.25) is 4.79 Å². The number of halogens is 3. The Balaban J connectivity index is 1.88. The zero-order valence-corrected chi connectivity index (χ0v) is 19.0. The number of nitrogens with one attached hydrogen (secondary N) is 1. The first-order valence-electron chi connectivity index (χ1n) is 9.28. The highest BCUT2D eigenvalue weighted by Gasteiger charge is 2.22. The predicted octanol–water partition coefficient (Wildman–Crippen LogP) is 7.19. The van der Waals surface area contributed by atoms with Crippen LogP contribution in [0.5, 0.6) is 5.88 Å². The van der Waals surface area contributed by atoms with Crippen LogP contribution in [-0.4, -0.2) is 10.9 Å². The second kappa shape index (κ2) is 9.25. The highest BCUT2D eigenvalue weighted by atomic mass is 35.5. The van der Waals surface area contributed by atoms with E-state index in [0.717, 1.165) is 11.1 Å². The molecular formula is C23H21Cl3N2O2. The van der Waals surface area contributed by atoms with E-state index in [1.54, 1.807) is 42.6 Å². The number of aromatic nitrogens is 1. The monoisotopic (exact) mass is 462 g/mol. The Labute approximate surface area is 191 Å². The van der Waals surface area contributed by atoms with Gasteiger partial charge in [-0.15, -0.1) is 0 Å². The Bertz CT molecular complexity index is 1030. The topological polar surface area (TPSA) is 51.2 Å². The fraction of sp³-hybridized carbons (Fsp3) is 0.217. The van der Waals surface area contributed by atoms with E-state index >= 15 is 0 Å². The number of carbonyl (C=O) groups excluding carboxylic acids is 1. The van der Waals surface area contributed by atoms with Crippen molar-refractivity contribution in [2.45, 2.75) is 26.9 Å². The van der Waals surface area contributed by atoms with Crippen molar-refractivity contribution in [2.75, 3.05) is 5.32 Å². The van der Waals surface area contributed by atoms with Crippen molar-refractivity contribution in [3.63, 3.8) is 0 Å². The summed E-state index contributed by atoms with van der Waals surface area (Å²) in [5, 5.41) is 4.48. The third-order valence-electron chi connectivity index (χ3n) is 4.33. The molecule has 1 atom stereocenters. The van der Waals surface area contributed by atoms with Crippen LogP contribution >= 0.6 is 34.8 Å². The van der Waals surface area contributed by atoms with Gasteiger partial charge >= 0.3 is 0 Å². The molecule has 7 heteroatoms. The minimum absolute atomic E-state index is 0.0926. The lowest BCUT2D eigenvalue weighted by Crippen LogP contribution is -2.27. The predicted molar refractivity (Wildman–Crippen MR) is 123 cm³/mol. The molecule has 1 heterocycles. The van der Waals surface area contributed by atoms with Gasteiger partial charge in [0.05, 0.1) is 11.9 Å². The molecule has 3 rings (SSSR count). The van der Waals surface area contributed by atoms with Gasteiger partial charge in [0.25, 0.3) is 0 Å². The molecule has 0 radical (unpaired) electrons. The molecule has 30 heavy (non-hydrogen) atoms. The molecule has 1 aromatic heterocycles. The van der Waals surface area contributed by atoms with Gasteiger partial charge in [-0.25, -0.2) is 4.98 Å². The van der Waals surface area contributed by atoms with Gasteiger partial charge < -0.3 is 10.1 Å². The third-order valence-corrected chi connectivity index (χ3v) is 5.15. The van der Waals surface area contributed by atoms with Gasteiger partial charge in [0.1, 0.15) is 0 Å². The van der Waals surface area contributed by atoms with Crippen molar-refractivity contribution < 1.29 is 9.53 Å². The largest absolute Gasteiger partial charge is 0.464 e. The molecular weight excluding hydrogens is 443 g/mol. The summed E-state index contributed by atoms with van der Waals surface area (Å²) in [6.45, 7) is 5.54. The number of rotatable bonds is 5. The smallest absolute Gasteiger partial charge is 0.229 e. The second-order valence-corrected chi connectivity index (χ2v) is 9.08. The van der Waals surface area contributed by atoms with Crippen molar-refractivity contribution >= 4 is 46.4 Å². The van der Waals surface area contributed by atoms with Crippen LogP contribution in [-0.2, 0) is 4.79 Å². The fourth-order valence-electron chi connectivity index (χ4n) is 2.63. The molecule has 0 aliphatic rings. The van der Waals surface area contributed by atoms with Gasteiger partial charge in [-0.1, -0.05) is 73.8 Å². The molecule has 156 valence electrons. The van der Waals surface area contributed by atoms with Gasteiger partial charge in [0.2, 0.25) is 11.8 Å². The van der Waals surface area contributed by atoms with Gasteiger partial charge in [0, 0.05) is 32.1 Å². The zero-order chi connectivity index (χ0) is 21.9. The Kier molecular flexibility index (Phi) is 6.91. The molecule has 0 aliphatic heterocycles. The first kappa shape index (κ1) is 22.4. The van der Waals surface area contributed by atoms with E-state index in [0.29, 0.717) is 26.6 Å². The average molecular weight is 464 g/mol. The zero-order valence-electron chi connectivity index (χ0n) is 16.7. The summed E-state index contributed by atoms with van der Waals surface area (Å²) < 4.78 is 6.18. The maximum atomic E-state index is 12.2. The Hall–Kier alpha value is -2.27. The van der Waals surface area contributed by atoms with Crippen molar-refractivity contribution in [1.29, 1.82) is 0 Å². The first-order valence-corrected chi connectivity index (χ1v) is 10.4. The highest BCUT2D eigenvalue weighted by molar-refractivity contribution is 6.35. The maximum absolute atomic E-state index is 12.2. The number of ether oxygens (including phenoxy) is 1. The Morgan fingerprint density at radius 3 is 2.20 bits per heavy atom. The molecule has 1 unspecified atom stereocenters. The molecule has 0 bridgehead atoms. The van der Waals surface area contributed by atoms with Crippen LogP contribution in [0, 0.1) is 5.41 Å². The van der Waals surface area contributed by atoms with Crippen LogP contribution in [0.2, 0.25) is 15.1 Å². The molecule has 2 aromatic carbocycles. The number of nitrogens with zero attached hydrogens (tertiary/aromatic N) is 1. The number of hydrogen-bond acceptors (Lipinski definition) is 3. The lowest BCUT2D eigenvalue weighted by Gasteiger charge is -2.21. The SMILES string of the molecule is CC(C)(C)C(=O)Nc1ccc(OC(c2ccc(Cl)cc2)c2ccc(Cl)cc2Cl)nc1. The summed E-state index contributed by atoms with van der Waals surface area (Å²) >= 11 is 18.5. The standard InChI is InChI=1S/C23H21Cl3N2O2/c1-23(2,3)22(29)28-17-9-11-20(27-13-17)30-21(14-4-6-15(24)7-5-14)18-10-8-16(25)12-19(18)26/h4-13,21H,1-3H3,(H,28,29). The number of amides is 1. The van der Waals surface area contributed by atoms with E-state index in [-0.39, 0.29) is 5.91 Å². The van der Waals surface area contributed by atoms with Crippen LogP contribution in [0.25, 0.3) is 0 Å². The van der Waals surface area contributed by atoms with Crippen LogP contribution in [0.4, 0.5) is 5.69 Å². The summed E-state index contributed by atoms with van der Waals surface area (Å²) in [5.74, 6) is 0.291. The molecule has 3 aromatic rings. The Morgan fingerprint density at radius 1 is 0.967 bits per heavy atom. The van der Waals surface area contributed by atoms with Crippen molar-refractivity contribution in [1.82, 2.24) is 4.98 Å². The van der Waals surface area contributed by atoms with Gasteiger partial charge in [0.15, 0.2) is 6.10 Å².